The molecule has 4 rings (SSSR count). The molecule has 2 heterocycles. The number of imidazole rings is 1. The van der Waals surface area contributed by atoms with Crippen LogP contribution >= 0.6 is 19.4 Å². The Bertz CT molecular complexity index is 1580. The van der Waals surface area contributed by atoms with E-state index in [0.29, 0.717) is 22.7 Å². The number of anilines is 1. The molecule has 0 fully saturated rings. The standard InChI is InChI=1S/C26H30N5O8PS/c1-35-20-9-8-19(14-21(20)36-2)25(33)41-13-12-38-40(34,39-15-18-6-4-3-5-7-18)17-37-11-10-31-16-28-22-23(31)29-26(27)30-24(22)32/h3-9,14,16H,10-13,15,17H2,1-2H3,(H3,27,29,30,32). The Morgan fingerprint density at radius 3 is 2.61 bits per heavy atom. The first kappa shape index (κ1) is 30.3. The van der Waals surface area contributed by atoms with E-state index in [-0.39, 0.29) is 55.0 Å². The lowest BCUT2D eigenvalue weighted by atomic mass is 10.2. The molecule has 218 valence electrons. The zero-order valence-electron chi connectivity index (χ0n) is 22.5. The number of methoxy groups -OCH3 is 2. The van der Waals surface area contributed by atoms with E-state index in [9.17, 15) is 14.2 Å². The molecule has 0 aliphatic heterocycles. The predicted molar refractivity (Wildman–Crippen MR) is 155 cm³/mol. The number of hydrogen-bond acceptors (Lipinski definition) is 12. The molecule has 0 saturated heterocycles. The molecule has 3 N–H and O–H groups in total. The lowest BCUT2D eigenvalue weighted by Gasteiger charge is -2.19. The highest BCUT2D eigenvalue weighted by Gasteiger charge is 2.26. The number of carbonyl (C=O) groups is 1. The summed E-state index contributed by atoms with van der Waals surface area (Å²) in [4.78, 5) is 35.2. The monoisotopic (exact) mass is 603 g/mol. The summed E-state index contributed by atoms with van der Waals surface area (Å²) in [5.41, 5.74) is 6.91. The molecule has 41 heavy (non-hydrogen) atoms. The quantitative estimate of drug-likeness (QED) is 0.149. The number of fused-ring (bicyclic) bond motifs is 1. The summed E-state index contributed by atoms with van der Waals surface area (Å²) in [6, 6.07) is 14.1. The second-order valence-corrected chi connectivity index (χ2v) is 11.6. The molecule has 0 bridgehead atoms. The van der Waals surface area contributed by atoms with Crippen LogP contribution in [0.5, 0.6) is 11.5 Å². The third-order valence-electron chi connectivity index (χ3n) is 5.71. The van der Waals surface area contributed by atoms with Crippen LogP contribution in [0, 0.1) is 0 Å². The Kier molecular flexibility index (Phi) is 10.6. The summed E-state index contributed by atoms with van der Waals surface area (Å²) in [6.07, 6.45) is 1.13. The van der Waals surface area contributed by atoms with E-state index in [1.807, 2.05) is 30.3 Å². The first-order valence-electron chi connectivity index (χ1n) is 12.4. The number of rotatable bonds is 15. The molecule has 0 spiro atoms. The lowest BCUT2D eigenvalue weighted by Crippen LogP contribution is -2.13. The van der Waals surface area contributed by atoms with E-state index in [0.717, 1.165) is 17.3 Å². The average molecular weight is 604 g/mol. The molecule has 0 amide bonds. The van der Waals surface area contributed by atoms with Crippen molar-refractivity contribution in [2.24, 2.45) is 0 Å². The number of nitrogen functional groups attached to an aromatic ring is 1. The Hall–Kier alpha value is -3.68. The Morgan fingerprint density at radius 1 is 1.07 bits per heavy atom. The van der Waals surface area contributed by atoms with Gasteiger partial charge in [-0.1, -0.05) is 42.1 Å². The summed E-state index contributed by atoms with van der Waals surface area (Å²) in [6.45, 7) is 0.407. The average Bonchev–Trinajstić information content (AvgIpc) is 3.39. The molecule has 1 atom stereocenters. The summed E-state index contributed by atoms with van der Waals surface area (Å²) >= 11 is 1.01. The Balaban J connectivity index is 1.32. The largest absolute Gasteiger partial charge is 0.493 e. The van der Waals surface area contributed by atoms with Crippen molar-refractivity contribution in [3.8, 4) is 11.5 Å². The number of aromatic nitrogens is 4. The molecule has 15 heteroatoms. The van der Waals surface area contributed by atoms with Crippen LogP contribution in [-0.4, -0.2) is 64.2 Å². The van der Waals surface area contributed by atoms with Crippen LogP contribution in [0.2, 0.25) is 0 Å². The van der Waals surface area contributed by atoms with Crippen molar-refractivity contribution < 1.29 is 32.6 Å². The van der Waals surface area contributed by atoms with Crippen LogP contribution in [0.25, 0.3) is 11.2 Å². The number of aromatic amines is 1. The molecule has 0 radical (unpaired) electrons. The maximum absolute atomic E-state index is 13.5. The van der Waals surface area contributed by atoms with Gasteiger partial charge in [-0.05, 0) is 23.8 Å². The van der Waals surface area contributed by atoms with E-state index >= 15 is 0 Å². The molecule has 2 aromatic heterocycles. The minimum Gasteiger partial charge on any atom is -0.493 e. The fourth-order valence-corrected chi connectivity index (χ4v) is 5.75. The summed E-state index contributed by atoms with van der Waals surface area (Å²) in [5, 5.41) is -0.202. The third kappa shape index (κ3) is 8.18. The van der Waals surface area contributed by atoms with E-state index in [1.54, 1.807) is 22.8 Å². The van der Waals surface area contributed by atoms with Crippen LogP contribution in [0.4, 0.5) is 5.95 Å². The Labute approximate surface area is 239 Å². The van der Waals surface area contributed by atoms with Gasteiger partial charge in [-0.15, -0.1) is 0 Å². The van der Waals surface area contributed by atoms with E-state index in [2.05, 4.69) is 15.0 Å². The first-order valence-corrected chi connectivity index (χ1v) is 15.1. The molecular weight excluding hydrogens is 573 g/mol. The molecule has 1 unspecified atom stereocenters. The third-order valence-corrected chi connectivity index (χ3v) is 8.18. The van der Waals surface area contributed by atoms with Gasteiger partial charge in [-0.2, -0.15) is 4.98 Å². The van der Waals surface area contributed by atoms with Gasteiger partial charge in [0, 0.05) is 17.9 Å². The van der Waals surface area contributed by atoms with E-state index in [1.165, 1.54) is 20.5 Å². The number of carbonyl (C=O) groups excluding carboxylic acids is 1. The number of thioether (sulfide) groups is 1. The number of ether oxygens (including phenoxy) is 3. The molecule has 0 saturated carbocycles. The zero-order valence-corrected chi connectivity index (χ0v) is 24.2. The normalized spacial score (nSPS) is 12.7. The first-order chi connectivity index (χ1) is 19.8. The maximum Gasteiger partial charge on any atom is 0.356 e. The van der Waals surface area contributed by atoms with Crippen molar-refractivity contribution in [1.82, 2.24) is 19.5 Å². The highest BCUT2D eigenvalue weighted by Crippen LogP contribution is 2.49. The highest BCUT2D eigenvalue weighted by atomic mass is 32.2. The smallest absolute Gasteiger partial charge is 0.356 e. The van der Waals surface area contributed by atoms with Crippen LogP contribution in [0.1, 0.15) is 15.9 Å². The summed E-state index contributed by atoms with van der Waals surface area (Å²) < 4.78 is 42.6. The van der Waals surface area contributed by atoms with E-state index < -0.39 is 13.2 Å². The lowest BCUT2D eigenvalue weighted by molar-refractivity contribution is 0.108. The molecule has 4 aromatic rings. The minimum absolute atomic E-state index is 0.0166. The molecule has 2 aromatic carbocycles. The van der Waals surface area contributed by atoms with Crippen LogP contribution in [0.3, 0.4) is 0 Å². The SMILES string of the molecule is COc1ccc(C(=O)SCCOP(=O)(COCCn2cnc3c(=O)[nH]c(N)nc32)OCc2ccccc2)cc1OC. The van der Waals surface area contributed by atoms with Gasteiger partial charge in [0.25, 0.3) is 5.56 Å². The zero-order chi connectivity index (χ0) is 29.2. The number of nitrogens with zero attached hydrogens (tertiary/aromatic N) is 3. The topological polar surface area (TPSA) is 170 Å². The van der Waals surface area contributed by atoms with Gasteiger partial charge < -0.3 is 33.6 Å². The molecule has 13 nitrogen and oxygen atoms in total. The van der Waals surface area contributed by atoms with Gasteiger partial charge in [0.1, 0.15) is 6.35 Å². The fraction of sp³-hybridized carbons (Fsp3) is 0.308. The van der Waals surface area contributed by atoms with Gasteiger partial charge in [-0.25, -0.2) is 4.98 Å². The predicted octanol–water partition coefficient (Wildman–Crippen LogP) is 3.69. The maximum atomic E-state index is 13.5. The van der Waals surface area contributed by atoms with Gasteiger partial charge in [-0.3, -0.25) is 19.1 Å². The number of nitrogens with one attached hydrogen (secondary N) is 1. The van der Waals surface area contributed by atoms with Crippen LogP contribution in [0.15, 0.2) is 59.7 Å². The second-order valence-electron chi connectivity index (χ2n) is 8.51. The van der Waals surface area contributed by atoms with E-state index in [4.69, 9.17) is 29.0 Å². The molecule has 0 aliphatic rings. The van der Waals surface area contributed by atoms with Crippen LogP contribution in [-0.2, 0) is 31.5 Å². The fourth-order valence-electron chi connectivity index (χ4n) is 3.69. The number of H-pyrrole nitrogens is 1. The van der Waals surface area contributed by atoms with Crippen molar-refractivity contribution in [3.63, 3.8) is 0 Å². The van der Waals surface area contributed by atoms with Crippen LogP contribution < -0.4 is 20.8 Å². The minimum atomic E-state index is -3.71. The van der Waals surface area contributed by atoms with Crippen molar-refractivity contribution >= 4 is 41.6 Å². The van der Waals surface area contributed by atoms with Gasteiger partial charge in [0.2, 0.25) is 11.1 Å². The van der Waals surface area contributed by atoms with Crippen molar-refractivity contribution in [2.75, 3.05) is 45.3 Å². The van der Waals surface area contributed by atoms with Gasteiger partial charge in [0.05, 0.1) is 40.4 Å². The van der Waals surface area contributed by atoms with Crippen molar-refractivity contribution in [1.29, 1.82) is 0 Å². The Morgan fingerprint density at radius 2 is 1.85 bits per heavy atom. The summed E-state index contributed by atoms with van der Waals surface area (Å²) in [5.74, 6) is 1.17. The summed E-state index contributed by atoms with van der Waals surface area (Å²) in [7, 11) is -0.699. The second kappa shape index (κ2) is 14.3. The highest BCUT2D eigenvalue weighted by molar-refractivity contribution is 8.14. The van der Waals surface area contributed by atoms with Crippen molar-refractivity contribution in [3.05, 3.63) is 76.3 Å². The molecule has 0 aliphatic carbocycles. The van der Waals surface area contributed by atoms with Gasteiger partial charge >= 0.3 is 7.60 Å². The number of hydrogen-bond donors (Lipinski definition) is 2. The molecular formula is C26H30N5O8PS. The number of nitrogens with two attached hydrogens (primary N) is 1. The number of benzene rings is 2. The van der Waals surface area contributed by atoms with Crippen molar-refractivity contribution in [2.45, 2.75) is 13.2 Å². The van der Waals surface area contributed by atoms with Gasteiger partial charge in [0.15, 0.2) is 22.7 Å².